The predicted molar refractivity (Wildman–Crippen MR) is 29.8 cm³/mol. The fourth-order valence-electron chi connectivity index (χ4n) is 0.895. The van der Waals surface area contributed by atoms with Crippen molar-refractivity contribution in [3.63, 3.8) is 0 Å². The fourth-order valence-corrected chi connectivity index (χ4v) is 0.895. The van der Waals surface area contributed by atoms with Gasteiger partial charge in [-0.1, -0.05) is 0 Å². The number of hydrogen-bond donors (Lipinski definition) is 2. The maximum atomic E-state index is 10.1. The molecule has 2 N–H and O–H groups in total. The maximum absolute atomic E-state index is 10.1. The predicted octanol–water partition coefficient (Wildman–Crippen LogP) is -3.06. The number of carboxylic acids is 1. The standard InChI is InChI=1S/C5H9NO2.K.H/c7-5(8)4-2-1-3-6-4;;/h4,6H,1-3H2,(H,7,8);;/q;+1;-1/t4-;;/m0../s1. The summed E-state index contributed by atoms with van der Waals surface area (Å²) in [6.45, 7) is 0.858. The van der Waals surface area contributed by atoms with Crippen LogP contribution in [0.4, 0.5) is 0 Å². The van der Waals surface area contributed by atoms with Gasteiger partial charge in [0, 0.05) is 0 Å². The third kappa shape index (κ3) is 3.11. The van der Waals surface area contributed by atoms with Crippen LogP contribution in [0.1, 0.15) is 14.3 Å². The molecule has 1 aliphatic rings. The van der Waals surface area contributed by atoms with Gasteiger partial charge in [-0.3, -0.25) is 4.79 Å². The second-order valence-corrected chi connectivity index (χ2v) is 1.99. The first-order valence-electron chi connectivity index (χ1n) is 2.77. The monoisotopic (exact) mass is 155 g/mol. The smallest absolute Gasteiger partial charge is 1.00 e. The molecule has 4 heteroatoms. The molecule has 0 spiro atoms. The normalized spacial score (nSPS) is 25.1. The summed E-state index contributed by atoms with van der Waals surface area (Å²) in [6.07, 6.45) is 1.78. The van der Waals surface area contributed by atoms with Crippen molar-refractivity contribution in [2.45, 2.75) is 18.9 Å². The minimum absolute atomic E-state index is 0. The second-order valence-electron chi connectivity index (χ2n) is 1.99. The second kappa shape index (κ2) is 4.82. The molecular weight excluding hydrogens is 145 g/mol. The molecule has 1 heterocycles. The van der Waals surface area contributed by atoms with Gasteiger partial charge in [-0.15, -0.1) is 0 Å². The van der Waals surface area contributed by atoms with Crippen molar-refractivity contribution in [2.75, 3.05) is 6.54 Å². The Morgan fingerprint density at radius 1 is 1.78 bits per heavy atom. The van der Waals surface area contributed by atoms with E-state index in [-0.39, 0.29) is 58.9 Å². The number of nitrogens with one attached hydrogen (secondary N) is 1. The number of rotatable bonds is 1. The molecule has 0 unspecified atom stereocenters. The van der Waals surface area contributed by atoms with Crippen LogP contribution < -0.4 is 56.7 Å². The van der Waals surface area contributed by atoms with E-state index >= 15 is 0 Å². The Labute approximate surface area is 98.1 Å². The quantitative estimate of drug-likeness (QED) is 0.395. The molecule has 1 rings (SSSR count). The average molecular weight is 155 g/mol. The number of aliphatic carboxylic acids is 1. The van der Waals surface area contributed by atoms with Crippen LogP contribution in [0, 0.1) is 0 Å². The molecule has 0 aromatic rings. The van der Waals surface area contributed by atoms with Crippen LogP contribution in [0.5, 0.6) is 0 Å². The summed E-state index contributed by atoms with van der Waals surface area (Å²) in [7, 11) is 0. The minimum Gasteiger partial charge on any atom is -1.00 e. The van der Waals surface area contributed by atoms with Crippen LogP contribution in [0.15, 0.2) is 0 Å². The molecule has 1 aliphatic heterocycles. The molecule has 48 valence electrons. The number of carbonyl (C=O) groups is 1. The molecule has 0 amide bonds. The summed E-state index contributed by atoms with van der Waals surface area (Å²) in [6, 6.07) is -0.269. The third-order valence-electron chi connectivity index (χ3n) is 1.36. The van der Waals surface area contributed by atoms with Crippen molar-refractivity contribution >= 4 is 5.97 Å². The zero-order valence-corrected chi connectivity index (χ0v) is 8.68. The molecule has 0 saturated carbocycles. The van der Waals surface area contributed by atoms with Gasteiger partial charge in [-0.05, 0) is 19.4 Å². The van der Waals surface area contributed by atoms with E-state index in [4.69, 9.17) is 5.11 Å². The zero-order chi connectivity index (χ0) is 5.98. The van der Waals surface area contributed by atoms with E-state index in [9.17, 15) is 4.79 Å². The van der Waals surface area contributed by atoms with Crippen LogP contribution in [0.3, 0.4) is 0 Å². The Bertz CT molecular complexity index is 106. The summed E-state index contributed by atoms with van der Waals surface area (Å²) in [5.41, 5.74) is 0. The average Bonchev–Trinajstić information content (AvgIpc) is 2.12. The van der Waals surface area contributed by atoms with Gasteiger partial charge in [-0.25, -0.2) is 0 Å². The third-order valence-corrected chi connectivity index (χ3v) is 1.36. The summed E-state index contributed by atoms with van der Waals surface area (Å²) >= 11 is 0. The Balaban J connectivity index is 0. The van der Waals surface area contributed by atoms with E-state index in [2.05, 4.69) is 5.32 Å². The van der Waals surface area contributed by atoms with Gasteiger partial charge in [0.15, 0.2) is 0 Å². The van der Waals surface area contributed by atoms with E-state index in [1.165, 1.54) is 0 Å². The molecule has 0 aromatic carbocycles. The number of carboxylic acid groups (broad SMARTS) is 1. The van der Waals surface area contributed by atoms with Crippen molar-refractivity contribution < 1.29 is 62.7 Å². The number of hydrogen-bond acceptors (Lipinski definition) is 2. The van der Waals surface area contributed by atoms with Gasteiger partial charge >= 0.3 is 57.4 Å². The van der Waals surface area contributed by atoms with Crippen LogP contribution >= 0.6 is 0 Å². The molecule has 1 fully saturated rings. The summed E-state index contributed by atoms with van der Waals surface area (Å²) in [4.78, 5) is 10.1. The van der Waals surface area contributed by atoms with Crippen molar-refractivity contribution in [3.05, 3.63) is 0 Å². The molecule has 0 aliphatic carbocycles. The zero-order valence-electron chi connectivity index (χ0n) is 6.55. The van der Waals surface area contributed by atoms with Gasteiger partial charge < -0.3 is 11.8 Å². The van der Waals surface area contributed by atoms with E-state index in [0.29, 0.717) is 0 Å². The van der Waals surface area contributed by atoms with Gasteiger partial charge in [0.25, 0.3) is 0 Å². The van der Waals surface area contributed by atoms with Gasteiger partial charge in [0.2, 0.25) is 0 Å². The van der Waals surface area contributed by atoms with Crippen molar-refractivity contribution in [3.8, 4) is 0 Å². The minimum atomic E-state index is -0.720. The first-order valence-corrected chi connectivity index (χ1v) is 2.77. The summed E-state index contributed by atoms with van der Waals surface area (Å²) in [5, 5.41) is 11.2. The Hall–Kier alpha value is 1.07. The van der Waals surface area contributed by atoms with Crippen LogP contribution in [-0.4, -0.2) is 23.7 Å². The van der Waals surface area contributed by atoms with Crippen molar-refractivity contribution in [2.24, 2.45) is 0 Å². The summed E-state index contributed by atoms with van der Waals surface area (Å²) < 4.78 is 0. The van der Waals surface area contributed by atoms with Gasteiger partial charge in [-0.2, -0.15) is 0 Å². The molecule has 3 nitrogen and oxygen atoms in total. The molecule has 1 atom stereocenters. The molecule has 1 saturated heterocycles. The maximum Gasteiger partial charge on any atom is 1.00 e. The van der Waals surface area contributed by atoms with Crippen molar-refractivity contribution in [1.29, 1.82) is 0 Å². The Kier molecular flexibility index (Phi) is 5.39. The fraction of sp³-hybridized carbons (Fsp3) is 0.800. The van der Waals surface area contributed by atoms with Gasteiger partial charge in [0.05, 0.1) is 0 Å². The molecule has 0 bridgehead atoms. The topological polar surface area (TPSA) is 49.3 Å². The SMILES string of the molecule is O=C(O)[C@@H]1CCCN1.[H-].[K+]. The largest absolute Gasteiger partial charge is 1.00 e. The van der Waals surface area contributed by atoms with Crippen LogP contribution in [0.2, 0.25) is 0 Å². The van der Waals surface area contributed by atoms with E-state index in [1.54, 1.807) is 0 Å². The molecule has 9 heavy (non-hydrogen) atoms. The van der Waals surface area contributed by atoms with E-state index in [1.807, 2.05) is 0 Å². The Morgan fingerprint density at radius 2 is 2.44 bits per heavy atom. The van der Waals surface area contributed by atoms with Crippen molar-refractivity contribution in [1.82, 2.24) is 5.32 Å². The first kappa shape index (κ1) is 10.1. The van der Waals surface area contributed by atoms with Crippen LogP contribution in [0.25, 0.3) is 0 Å². The first-order chi connectivity index (χ1) is 3.80. The molecule has 0 radical (unpaired) electrons. The van der Waals surface area contributed by atoms with Gasteiger partial charge in [0.1, 0.15) is 6.04 Å². The van der Waals surface area contributed by atoms with E-state index < -0.39 is 5.97 Å². The molecular formula is C5H10KNO2. The molecule has 0 aromatic heterocycles. The Morgan fingerprint density at radius 3 is 2.67 bits per heavy atom. The van der Waals surface area contributed by atoms with E-state index in [0.717, 1.165) is 19.4 Å². The van der Waals surface area contributed by atoms with Crippen LogP contribution in [-0.2, 0) is 4.79 Å². The summed E-state index contributed by atoms with van der Waals surface area (Å²) in [5.74, 6) is -0.720.